The highest BCUT2D eigenvalue weighted by molar-refractivity contribution is 8.16. The summed E-state index contributed by atoms with van der Waals surface area (Å²) in [7, 11) is 0. The Labute approximate surface area is 185 Å². The zero-order valence-corrected chi connectivity index (χ0v) is 19.2. The van der Waals surface area contributed by atoms with E-state index >= 15 is 0 Å². The summed E-state index contributed by atoms with van der Waals surface area (Å²) in [6.07, 6.45) is 2.31. The Bertz CT molecular complexity index is 845. The fraction of sp³-hybridized carbons (Fsp3) is 0.409. The number of hydrogen-bond acceptors (Lipinski definition) is 6. The first-order chi connectivity index (χ1) is 14.1. The zero-order chi connectivity index (χ0) is 22.5. The lowest BCUT2D eigenvalue weighted by Gasteiger charge is -2.46. The van der Waals surface area contributed by atoms with E-state index in [9.17, 15) is 19.5 Å². The van der Waals surface area contributed by atoms with Crippen LogP contribution < -0.4 is 4.74 Å². The molecule has 1 N–H and O–H groups in total. The highest BCUT2D eigenvalue weighted by atomic mass is 32.2. The van der Waals surface area contributed by atoms with Gasteiger partial charge in [-0.05, 0) is 30.3 Å². The van der Waals surface area contributed by atoms with Crippen LogP contribution in [0.5, 0.6) is 5.75 Å². The van der Waals surface area contributed by atoms with Crippen molar-refractivity contribution in [1.29, 1.82) is 0 Å². The Morgan fingerprint density at radius 2 is 1.90 bits per heavy atom. The van der Waals surface area contributed by atoms with Crippen LogP contribution in [0.1, 0.15) is 34.1 Å². The molecule has 1 aromatic rings. The molecule has 0 bridgehead atoms. The normalized spacial score (nSPS) is 19.6. The zero-order valence-electron chi connectivity index (χ0n) is 17.6. The van der Waals surface area contributed by atoms with E-state index in [4.69, 9.17) is 4.74 Å². The predicted molar refractivity (Wildman–Crippen MR) is 121 cm³/mol. The number of para-hydroxylation sites is 1. The molecule has 0 saturated carbocycles. The third-order valence-corrected chi connectivity index (χ3v) is 6.94. The number of carboxylic acid groups (broad SMARTS) is 1. The van der Waals surface area contributed by atoms with Crippen LogP contribution in [0, 0.1) is 11.3 Å². The molecule has 2 rings (SSSR count). The number of carbonyl (C=O) groups excluding carboxylic acids is 2. The summed E-state index contributed by atoms with van der Waals surface area (Å²) in [5.41, 5.74) is -1.03. The van der Waals surface area contributed by atoms with Gasteiger partial charge < -0.3 is 9.84 Å². The molecule has 162 valence electrons. The summed E-state index contributed by atoms with van der Waals surface area (Å²) >= 11 is 2.15. The van der Waals surface area contributed by atoms with E-state index in [0.29, 0.717) is 29.7 Å². The molecule has 1 saturated heterocycles. The second-order valence-corrected chi connectivity index (χ2v) is 9.83. The first-order valence-electron chi connectivity index (χ1n) is 9.60. The van der Waals surface area contributed by atoms with Crippen molar-refractivity contribution in [3.63, 3.8) is 0 Å². The van der Waals surface area contributed by atoms with Crippen molar-refractivity contribution in [2.45, 2.75) is 39.5 Å². The number of benzene rings is 1. The molecule has 6 nitrogen and oxygen atoms in total. The van der Waals surface area contributed by atoms with E-state index in [1.807, 2.05) is 6.92 Å². The molecule has 1 heterocycles. The van der Waals surface area contributed by atoms with E-state index in [0.717, 1.165) is 0 Å². The number of β-lactam (4-membered cyclic amide) rings is 1. The number of hydrogen-bond donors (Lipinski definition) is 1. The van der Waals surface area contributed by atoms with Crippen LogP contribution in [0.25, 0.3) is 0 Å². The number of aliphatic carboxylic acids is 1. The Balaban J connectivity index is 2.54. The Morgan fingerprint density at radius 3 is 2.40 bits per heavy atom. The standard InChI is InChI=1S/C22H27NO5S2/c1-6-13-29-18-15(7-2)17(24)23(18)16(19(25)26)20(30-21(27)22(3,4)5)28-14-11-9-8-10-12-14/h6,8-12,15,18H,1,7,13H2,2-5H3,(H,25,26). The van der Waals surface area contributed by atoms with E-state index in [1.54, 1.807) is 57.2 Å². The lowest BCUT2D eigenvalue weighted by Crippen LogP contribution is -2.59. The van der Waals surface area contributed by atoms with Crippen LogP contribution in [0.15, 0.2) is 53.8 Å². The average Bonchev–Trinajstić information content (AvgIpc) is 2.68. The molecule has 1 fully saturated rings. The van der Waals surface area contributed by atoms with Crippen LogP contribution in [0.2, 0.25) is 0 Å². The number of rotatable bonds is 9. The minimum Gasteiger partial charge on any atom is -0.476 e. The first kappa shape index (κ1) is 24.1. The van der Waals surface area contributed by atoms with Crippen LogP contribution in [-0.2, 0) is 14.4 Å². The van der Waals surface area contributed by atoms with Gasteiger partial charge in [0.25, 0.3) is 0 Å². The maximum atomic E-state index is 12.8. The second-order valence-electron chi connectivity index (χ2n) is 7.73. The predicted octanol–water partition coefficient (Wildman–Crippen LogP) is 4.74. The first-order valence-corrected chi connectivity index (χ1v) is 11.5. The maximum absolute atomic E-state index is 12.8. The fourth-order valence-corrected chi connectivity index (χ4v) is 4.86. The lowest BCUT2D eigenvalue weighted by atomic mass is 9.94. The molecule has 30 heavy (non-hydrogen) atoms. The lowest BCUT2D eigenvalue weighted by molar-refractivity contribution is -0.152. The molecule has 0 spiro atoms. The van der Waals surface area contributed by atoms with Crippen molar-refractivity contribution >= 4 is 40.5 Å². The summed E-state index contributed by atoms with van der Waals surface area (Å²) in [5, 5.41) is 9.28. The molecule has 0 radical (unpaired) electrons. The summed E-state index contributed by atoms with van der Waals surface area (Å²) in [6, 6.07) is 8.62. The second kappa shape index (κ2) is 10.2. The van der Waals surface area contributed by atoms with Crippen molar-refractivity contribution in [3.05, 3.63) is 53.8 Å². The van der Waals surface area contributed by atoms with Crippen molar-refractivity contribution in [2.24, 2.45) is 11.3 Å². The van der Waals surface area contributed by atoms with Gasteiger partial charge in [-0.15, -0.1) is 18.3 Å². The highest BCUT2D eigenvalue weighted by Gasteiger charge is 2.51. The Kier molecular flexibility index (Phi) is 8.20. The van der Waals surface area contributed by atoms with Crippen molar-refractivity contribution in [1.82, 2.24) is 4.90 Å². The largest absolute Gasteiger partial charge is 0.476 e. The summed E-state index contributed by atoms with van der Waals surface area (Å²) in [4.78, 5) is 39.0. The molecular weight excluding hydrogens is 422 g/mol. The van der Waals surface area contributed by atoms with Gasteiger partial charge in [0.2, 0.25) is 11.0 Å². The minimum absolute atomic E-state index is 0.110. The number of ether oxygens (including phenoxy) is 1. The van der Waals surface area contributed by atoms with Crippen molar-refractivity contribution in [2.75, 3.05) is 5.75 Å². The highest BCUT2D eigenvalue weighted by Crippen LogP contribution is 2.43. The van der Waals surface area contributed by atoms with Gasteiger partial charge in [0, 0.05) is 11.2 Å². The van der Waals surface area contributed by atoms with Gasteiger partial charge in [-0.2, -0.15) is 0 Å². The fourth-order valence-electron chi connectivity index (χ4n) is 2.73. The number of carboxylic acids is 1. The molecule has 8 heteroatoms. The Hall–Kier alpha value is -2.19. The topological polar surface area (TPSA) is 83.9 Å². The summed E-state index contributed by atoms with van der Waals surface area (Å²) < 4.78 is 5.85. The van der Waals surface area contributed by atoms with E-state index in [2.05, 4.69) is 6.58 Å². The molecule has 1 aliphatic rings. The Morgan fingerprint density at radius 1 is 1.27 bits per heavy atom. The molecular formula is C22H27NO5S2. The minimum atomic E-state index is -1.32. The van der Waals surface area contributed by atoms with E-state index in [-0.39, 0.29) is 33.1 Å². The van der Waals surface area contributed by atoms with Gasteiger partial charge in [0.15, 0.2) is 10.8 Å². The smallest absolute Gasteiger partial charge is 0.357 e. The number of nitrogens with zero attached hydrogens (tertiary/aromatic N) is 1. The van der Waals surface area contributed by atoms with E-state index in [1.165, 1.54) is 16.7 Å². The van der Waals surface area contributed by atoms with Crippen LogP contribution >= 0.6 is 23.5 Å². The summed E-state index contributed by atoms with van der Waals surface area (Å²) in [6.45, 7) is 10.8. The van der Waals surface area contributed by atoms with Gasteiger partial charge in [-0.25, -0.2) is 4.79 Å². The molecule has 0 aliphatic carbocycles. The van der Waals surface area contributed by atoms with Crippen LogP contribution in [0.3, 0.4) is 0 Å². The van der Waals surface area contributed by atoms with Gasteiger partial charge in [-0.1, -0.05) is 52.0 Å². The summed E-state index contributed by atoms with van der Waals surface area (Å²) in [5.74, 6) is -0.932. The maximum Gasteiger partial charge on any atom is 0.357 e. The number of carbonyl (C=O) groups is 3. The van der Waals surface area contributed by atoms with Gasteiger partial charge in [-0.3, -0.25) is 14.5 Å². The van der Waals surface area contributed by atoms with Crippen LogP contribution in [0.4, 0.5) is 0 Å². The van der Waals surface area contributed by atoms with Gasteiger partial charge in [0.1, 0.15) is 5.75 Å². The third kappa shape index (κ3) is 5.49. The van der Waals surface area contributed by atoms with Gasteiger partial charge in [0.05, 0.1) is 11.3 Å². The SMILES string of the molecule is C=CCSC1C(CC)C(=O)N1C(C(=O)O)=C(Oc1ccccc1)SC(=O)C(C)(C)C. The van der Waals surface area contributed by atoms with Crippen LogP contribution in [-0.4, -0.2) is 38.1 Å². The van der Waals surface area contributed by atoms with Gasteiger partial charge >= 0.3 is 5.97 Å². The number of amides is 1. The average molecular weight is 450 g/mol. The molecule has 1 aromatic carbocycles. The molecule has 1 amide bonds. The van der Waals surface area contributed by atoms with Crippen molar-refractivity contribution < 1.29 is 24.2 Å². The monoisotopic (exact) mass is 449 g/mol. The molecule has 2 unspecified atom stereocenters. The number of thioether (sulfide) groups is 2. The number of likely N-dealkylation sites (tertiary alicyclic amines) is 1. The van der Waals surface area contributed by atoms with E-state index < -0.39 is 11.4 Å². The van der Waals surface area contributed by atoms with Crippen molar-refractivity contribution in [3.8, 4) is 5.75 Å². The third-order valence-electron chi connectivity index (χ3n) is 4.37. The molecule has 0 aromatic heterocycles. The molecule has 2 atom stereocenters. The molecule has 1 aliphatic heterocycles. The quantitative estimate of drug-likeness (QED) is 0.252.